The fraction of sp³-hybridized carbons (Fsp3) is 0.536. The first kappa shape index (κ1) is 25.0. The van der Waals surface area contributed by atoms with Crippen molar-refractivity contribution < 1.29 is 14.3 Å². The Morgan fingerprint density at radius 1 is 0.935 bits per heavy atom. The first-order valence-electron chi connectivity index (χ1n) is 11.6. The number of carbonyl (C=O) groups excluding carboxylic acids is 1. The summed E-state index contributed by atoms with van der Waals surface area (Å²) in [6.45, 7) is 13.2. The molecule has 2 unspecified atom stereocenters. The molecule has 0 aliphatic heterocycles. The van der Waals surface area contributed by atoms with Crippen LogP contribution in [0.15, 0.2) is 54.6 Å². The number of ether oxygens (including phenoxy) is 2. The Kier molecular flexibility index (Phi) is 8.73. The van der Waals surface area contributed by atoms with Crippen LogP contribution in [0.2, 0.25) is 0 Å². The maximum Gasteiger partial charge on any atom is 0.313 e. The minimum Gasteiger partial charge on any atom is -0.496 e. The highest BCUT2D eigenvalue weighted by molar-refractivity contribution is 5.80. The van der Waals surface area contributed by atoms with Crippen LogP contribution < -0.4 is 4.74 Å². The second-order valence-electron chi connectivity index (χ2n) is 9.24. The lowest BCUT2D eigenvalue weighted by Gasteiger charge is -2.53. The third kappa shape index (κ3) is 4.81. The van der Waals surface area contributed by atoms with Crippen molar-refractivity contribution in [3.63, 3.8) is 0 Å². The predicted octanol–water partition coefficient (Wildman–Crippen LogP) is 6.84. The van der Waals surface area contributed by atoms with Crippen molar-refractivity contribution in [2.75, 3.05) is 13.7 Å². The van der Waals surface area contributed by atoms with E-state index in [2.05, 4.69) is 71.0 Å². The number of benzene rings is 2. The van der Waals surface area contributed by atoms with Crippen LogP contribution >= 0.6 is 0 Å². The molecular weight excluding hydrogens is 384 g/mol. The number of rotatable bonds is 11. The van der Waals surface area contributed by atoms with Gasteiger partial charge in [-0.2, -0.15) is 0 Å². The van der Waals surface area contributed by atoms with E-state index in [0.29, 0.717) is 12.5 Å². The Balaban J connectivity index is 2.93. The van der Waals surface area contributed by atoms with E-state index in [1.165, 1.54) is 5.56 Å². The fourth-order valence-electron chi connectivity index (χ4n) is 5.51. The first-order chi connectivity index (χ1) is 14.8. The van der Waals surface area contributed by atoms with Crippen LogP contribution in [-0.4, -0.2) is 19.7 Å². The van der Waals surface area contributed by atoms with Crippen LogP contribution in [0.4, 0.5) is 0 Å². The summed E-state index contributed by atoms with van der Waals surface area (Å²) in [6.07, 6.45) is 2.29. The molecule has 0 bridgehead atoms. The van der Waals surface area contributed by atoms with Gasteiger partial charge in [0.05, 0.1) is 19.1 Å². The van der Waals surface area contributed by atoms with Crippen LogP contribution in [0, 0.1) is 17.3 Å². The van der Waals surface area contributed by atoms with E-state index < -0.39 is 10.8 Å². The van der Waals surface area contributed by atoms with Gasteiger partial charge in [-0.05, 0) is 49.7 Å². The Bertz CT molecular complexity index is 827. The van der Waals surface area contributed by atoms with Gasteiger partial charge in [-0.3, -0.25) is 4.79 Å². The van der Waals surface area contributed by atoms with Gasteiger partial charge in [-0.1, -0.05) is 83.1 Å². The maximum absolute atomic E-state index is 13.9. The van der Waals surface area contributed by atoms with Gasteiger partial charge < -0.3 is 9.47 Å². The maximum atomic E-state index is 13.9. The smallest absolute Gasteiger partial charge is 0.313 e. The second kappa shape index (κ2) is 10.8. The lowest BCUT2D eigenvalue weighted by Crippen LogP contribution is -2.56. The highest BCUT2D eigenvalue weighted by atomic mass is 16.5. The lowest BCUT2D eigenvalue weighted by molar-refractivity contribution is -0.168. The lowest BCUT2D eigenvalue weighted by atomic mass is 9.49. The molecule has 2 atom stereocenters. The highest BCUT2D eigenvalue weighted by Gasteiger charge is 2.59. The average molecular weight is 425 g/mol. The van der Waals surface area contributed by atoms with Crippen LogP contribution in [0.1, 0.15) is 65.5 Å². The normalized spacial score (nSPS) is 15.4. The molecule has 0 heterocycles. The van der Waals surface area contributed by atoms with Crippen molar-refractivity contribution in [3.8, 4) is 5.75 Å². The standard InChI is InChI=1S/C28H40O3/c1-8-27(20-23-15-11-10-12-16-23,24-17-13-14-18-25(24)30-7)28(22(5)6,19-21(3)4)26(29)31-9-2/h10-18,21-22H,8-9,19-20H2,1-7H3. The Morgan fingerprint density at radius 3 is 2.06 bits per heavy atom. The summed E-state index contributed by atoms with van der Waals surface area (Å²) in [6, 6.07) is 18.7. The third-order valence-corrected chi connectivity index (χ3v) is 6.78. The SMILES string of the molecule is CCOC(=O)C(CC(C)C)(C(C)C)C(CC)(Cc1ccccc1)c1ccccc1OC. The minimum absolute atomic E-state index is 0.0857. The van der Waals surface area contributed by atoms with Crippen molar-refractivity contribution in [3.05, 3.63) is 65.7 Å². The van der Waals surface area contributed by atoms with Crippen LogP contribution in [0.25, 0.3) is 0 Å². The molecule has 0 aliphatic rings. The number of hydrogen-bond acceptors (Lipinski definition) is 3. The quantitative estimate of drug-likeness (QED) is 0.371. The summed E-state index contributed by atoms with van der Waals surface area (Å²) in [5.41, 5.74) is 1.13. The van der Waals surface area contributed by atoms with Crippen molar-refractivity contribution in [2.24, 2.45) is 17.3 Å². The summed E-state index contributed by atoms with van der Waals surface area (Å²) in [5.74, 6) is 1.16. The molecular formula is C28H40O3. The summed E-state index contributed by atoms with van der Waals surface area (Å²) < 4.78 is 11.7. The Hall–Kier alpha value is -2.29. The van der Waals surface area contributed by atoms with Crippen LogP contribution in [-0.2, 0) is 21.4 Å². The van der Waals surface area contributed by atoms with E-state index in [-0.39, 0.29) is 11.9 Å². The molecule has 170 valence electrons. The molecule has 0 aliphatic carbocycles. The van der Waals surface area contributed by atoms with E-state index in [9.17, 15) is 4.79 Å². The zero-order chi connectivity index (χ0) is 23.1. The van der Waals surface area contributed by atoms with Crippen molar-refractivity contribution in [2.45, 2.75) is 66.2 Å². The van der Waals surface area contributed by atoms with E-state index in [1.54, 1.807) is 7.11 Å². The van der Waals surface area contributed by atoms with E-state index >= 15 is 0 Å². The van der Waals surface area contributed by atoms with Gasteiger partial charge in [-0.15, -0.1) is 0 Å². The van der Waals surface area contributed by atoms with Gasteiger partial charge in [-0.25, -0.2) is 0 Å². The highest BCUT2D eigenvalue weighted by Crippen LogP contribution is 2.57. The summed E-state index contributed by atoms with van der Waals surface area (Å²) in [5, 5.41) is 0. The Morgan fingerprint density at radius 2 is 1.55 bits per heavy atom. The second-order valence-corrected chi connectivity index (χ2v) is 9.24. The molecule has 0 N–H and O–H groups in total. The van der Waals surface area contributed by atoms with Gasteiger partial charge in [0, 0.05) is 11.0 Å². The van der Waals surface area contributed by atoms with Crippen molar-refractivity contribution in [1.82, 2.24) is 0 Å². The number of carbonyl (C=O) groups is 1. The van der Waals surface area contributed by atoms with Crippen molar-refractivity contribution >= 4 is 5.97 Å². The number of methoxy groups -OCH3 is 1. The van der Waals surface area contributed by atoms with Crippen LogP contribution in [0.3, 0.4) is 0 Å². The molecule has 0 saturated carbocycles. The summed E-state index contributed by atoms with van der Waals surface area (Å²) >= 11 is 0. The molecule has 0 radical (unpaired) electrons. The minimum atomic E-state index is -0.698. The molecule has 0 amide bonds. The van der Waals surface area contributed by atoms with E-state index in [4.69, 9.17) is 9.47 Å². The monoisotopic (exact) mass is 424 g/mol. The molecule has 2 aromatic rings. The number of hydrogen-bond donors (Lipinski definition) is 0. The average Bonchev–Trinajstić information content (AvgIpc) is 2.76. The van der Waals surface area contributed by atoms with Gasteiger partial charge >= 0.3 is 5.97 Å². The number of esters is 1. The molecule has 2 rings (SSSR count). The first-order valence-corrected chi connectivity index (χ1v) is 11.6. The zero-order valence-corrected chi connectivity index (χ0v) is 20.4. The zero-order valence-electron chi connectivity index (χ0n) is 20.4. The summed E-state index contributed by atoms with van der Waals surface area (Å²) in [4.78, 5) is 13.9. The molecule has 0 aromatic heterocycles. The topological polar surface area (TPSA) is 35.5 Å². The molecule has 0 saturated heterocycles. The molecule has 3 heteroatoms. The Labute approximate surface area is 189 Å². The largest absolute Gasteiger partial charge is 0.496 e. The molecule has 2 aromatic carbocycles. The molecule has 0 spiro atoms. The molecule has 3 nitrogen and oxygen atoms in total. The van der Waals surface area contributed by atoms with Gasteiger partial charge in [0.15, 0.2) is 0 Å². The van der Waals surface area contributed by atoms with E-state index in [0.717, 1.165) is 30.6 Å². The summed E-state index contributed by atoms with van der Waals surface area (Å²) in [7, 11) is 1.71. The van der Waals surface area contributed by atoms with Crippen molar-refractivity contribution in [1.29, 1.82) is 0 Å². The predicted molar refractivity (Wildman–Crippen MR) is 128 cm³/mol. The van der Waals surface area contributed by atoms with E-state index in [1.807, 2.05) is 25.1 Å². The number of para-hydroxylation sites is 1. The van der Waals surface area contributed by atoms with Gasteiger partial charge in [0.2, 0.25) is 0 Å². The fourth-order valence-corrected chi connectivity index (χ4v) is 5.51. The van der Waals surface area contributed by atoms with Gasteiger partial charge in [0.1, 0.15) is 5.75 Å². The molecule has 0 fully saturated rings. The van der Waals surface area contributed by atoms with Gasteiger partial charge in [0.25, 0.3) is 0 Å². The van der Waals surface area contributed by atoms with Crippen LogP contribution in [0.5, 0.6) is 5.75 Å². The third-order valence-electron chi connectivity index (χ3n) is 6.78. The molecule has 31 heavy (non-hydrogen) atoms.